The number of hydrogen-bond donors (Lipinski definition) is 0. The van der Waals surface area contributed by atoms with E-state index in [0.717, 1.165) is 23.9 Å². The Morgan fingerprint density at radius 1 is 1.00 bits per heavy atom. The van der Waals surface area contributed by atoms with Crippen molar-refractivity contribution in [1.82, 2.24) is 0 Å². The van der Waals surface area contributed by atoms with Gasteiger partial charge in [-0.2, -0.15) is 0 Å². The van der Waals surface area contributed by atoms with Crippen LogP contribution < -0.4 is 0 Å². The highest BCUT2D eigenvalue weighted by molar-refractivity contribution is 5.72. The maximum Gasteiger partial charge on any atom is 0.145 e. The van der Waals surface area contributed by atoms with Gasteiger partial charge < -0.3 is 4.74 Å². The second-order valence-electron chi connectivity index (χ2n) is 8.68. The van der Waals surface area contributed by atoms with Gasteiger partial charge in [0.2, 0.25) is 0 Å². The zero-order chi connectivity index (χ0) is 20.1. The van der Waals surface area contributed by atoms with Crippen LogP contribution in [0, 0.1) is 5.41 Å². The van der Waals surface area contributed by atoms with Crippen LogP contribution in [-0.2, 0) is 9.53 Å². The van der Waals surface area contributed by atoms with Crippen molar-refractivity contribution in [3.8, 4) is 0 Å². The standard InChI is InChI=1S/C25H34O2/c1-19(11-7-8-12-20(2)18-26)13-9-14-21(3)22-17-23-24(4,5)15-10-16-25(23,6)27-22/h7-9,11-14,17-18,22H,10,15-16H2,1-6H3/b8-7+,13-9+,19-11+,20-12+,21-14+/t22-,25+/m0/s1. The third kappa shape index (κ3) is 5.52. The molecule has 2 rings (SSSR count). The largest absolute Gasteiger partial charge is 0.359 e. The molecule has 0 unspecified atom stereocenters. The molecule has 1 heterocycles. The summed E-state index contributed by atoms with van der Waals surface area (Å²) in [6.45, 7) is 12.9. The first-order valence-electron chi connectivity index (χ1n) is 9.90. The summed E-state index contributed by atoms with van der Waals surface area (Å²) in [5, 5.41) is 0. The van der Waals surface area contributed by atoms with Crippen LogP contribution >= 0.6 is 0 Å². The molecule has 0 aromatic heterocycles. The van der Waals surface area contributed by atoms with Gasteiger partial charge in [-0.25, -0.2) is 0 Å². The first kappa shape index (κ1) is 21.4. The van der Waals surface area contributed by atoms with E-state index >= 15 is 0 Å². The molecule has 146 valence electrons. The van der Waals surface area contributed by atoms with Crippen LogP contribution in [0.15, 0.2) is 70.9 Å². The molecule has 2 aliphatic rings. The van der Waals surface area contributed by atoms with E-state index in [4.69, 9.17) is 4.74 Å². The molecular formula is C25H34O2. The summed E-state index contributed by atoms with van der Waals surface area (Å²) >= 11 is 0. The number of carbonyl (C=O) groups excluding carboxylic acids is 1. The van der Waals surface area contributed by atoms with Crippen LogP contribution in [0.3, 0.4) is 0 Å². The smallest absolute Gasteiger partial charge is 0.145 e. The summed E-state index contributed by atoms with van der Waals surface area (Å²) in [4.78, 5) is 10.5. The van der Waals surface area contributed by atoms with E-state index in [0.29, 0.717) is 0 Å². The molecule has 0 aromatic carbocycles. The molecule has 1 aliphatic carbocycles. The van der Waals surface area contributed by atoms with Gasteiger partial charge in [0.15, 0.2) is 0 Å². The van der Waals surface area contributed by atoms with Crippen LogP contribution in [-0.4, -0.2) is 18.0 Å². The van der Waals surface area contributed by atoms with Crippen molar-refractivity contribution < 1.29 is 9.53 Å². The number of hydrogen-bond acceptors (Lipinski definition) is 2. The molecule has 0 bridgehead atoms. The fraction of sp³-hybridized carbons (Fsp3) is 0.480. The van der Waals surface area contributed by atoms with Gasteiger partial charge in [-0.3, -0.25) is 4.79 Å². The summed E-state index contributed by atoms with van der Waals surface area (Å²) < 4.78 is 6.46. The van der Waals surface area contributed by atoms with E-state index < -0.39 is 0 Å². The monoisotopic (exact) mass is 366 g/mol. The van der Waals surface area contributed by atoms with E-state index in [1.54, 1.807) is 13.0 Å². The average Bonchev–Trinajstić information content (AvgIpc) is 2.97. The van der Waals surface area contributed by atoms with Crippen LogP contribution in [0.4, 0.5) is 0 Å². The molecule has 0 radical (unpaired) electrons. The third-order valence-corrected chi connectivity index (χ3v) is 5.64. The van der Waals surface area contributed by atoms with Gasteiger partial charge in [0.25, 0.3) is 0 Å². The first-order chi connectivity index (χ1) is 12.7. The van der Waals surface area contributed by atoms with Gasteiger partial charge in [-0.1, -0.05) is 62.0 Å². The Hall–Kier alpha value is -1.93. The predicted molar refractivity (Wildman–Crippen MR) is 115 cm³/mol. The van der Waals surface area contributed by atoms with Crippen LogP contribution in [0.25, 0.3) is 0 Å². The van der Waals surface area contributed by atoms with E-state index in [1.807, 2.05) is 18.2 Å². The normalized spacial score (nSPS) is 29.3. The second-order valence-corrected chi connectivity index (χ2v) is 8.68. The molecule has 0 saturated heterocycles. The minimum atomic E-state index is -0.0982. The Bertz CT molecular complexity index is 740. The van der Waals surface area contributed by atoms with Crippen molar-refractivity contribution in [1.29, 1.82) is 0 Å². The van der Waals surface area contributed by atoms with Gasteiger partial charge in [0.1, 0.15) is 6.29 Å². The molecular weight excluding hydrogens is 332 g/mol. The molecule has 0 N–H and O–H groups in total. The van der Waals surface area contributed by atoms with E-state index in [2.05, 4.69) is 58.9 Å². The number of aldehydes is 1. The Balaban J connectivity index is 2.03. The number of allylic oxidation sites excluding steroid dienone is 9. The van der Waals surface area contributed by atoms with Gasteiger partial charge in [0.05, 0.1) is 11.7 Å². The Morgan fingerprint density at radius 2 is 1.67 bits per heavy atom. The minimum absolute atomic E-state index is 0.0765. The van der Waals surface area contributed by atoms with Crippen LogP contribution in [0.1, 0.15) is 60.8 Å². The van der Waals surface area contributed by atoms with Crippen LogP contribution in [0.5, 0.6) is 0 Å². The lowest BCUT2D eigenvalue weighted by atomic mass is 9.67. The summed E-state index contributed by atoms with van der Waals surface area (Å²) in [5.41, 5.74) is 4.72. The molecule has 1 saturated carbocycles. The van der Waals surface area contributed by atoms with Gasteiger partial charge in [0, 0.05) is 0 Å². The Kier molecular flexibility index (Phi) is 7.00. The molecule has 0 aromatic rings. The number of rotatable bonds is 6. The van der Waals surface area contributed by atoms with Crippen molar-refractivity contribution in [2.24, 2.45) is 5.41 Å². The highest BCUT2D eigenvalue weighted by atomic mass is 16.5. The fourth-order valence-electron chi connectivity index (χ4n) is 4.02. The van der Waals surface area contributed by atoms with Crippen molar-refractivity contribution >= 4 is 6.29 Å². The molecule has 2 nitrogen and oxygen atoms in total. The summed E-state index contributed by atoms with van der Waals surface area (Å²) in [6, 6.07) is 0. The molecule has 0 spiro atoms. The highest BCUT2D eigenvalue weighted by Gasteiger charge is 2.47. The van der Waals surface area contributed by atoms with Crippen molar-refractivity contribution in [2.45, 2.75) is 72.5 Å². The zero-order valence-electron chi connectivity index (χ0n) is 17.7. The average molecular weight is 367 g/mol. The maximum absolute atomic E-state index is 10.5. The Morgan fingerprint density at radius 3 is 2.30 bits per heavy atom. The molecule has 2 heteroatoms. The lowest BCUT2D eigenvalue weighted by Gasteiger charge is -2.42. The summed E-state index contributed by atoms with van der Waals surface area (Å²) in [5.74, 6) is 0. The first-order valence-corrected chi connectivity index (χ1v) is 9.90. The van der Waals surface area contributed by atoms with Gasteiger partial charge >= 0.3 is 0 Å². The quantitative estimate of drug-likeness (QED) is 0.234. The molecule has 0 amide bonds. The molecule has 1 aliphatic heterocycles. The minimum Gasteiger partial charge on any atom is -0.359 e. The third-order valence-electron chi connectivity index (χ3n) is 5.64. The van der Waals surface area contributed by atoms with Crippen molar-refractivity contribution in [2.75, 3.05) is 0 Å². The van der Waals surface area contributed by atoms with Crippen molar-refractivity contribution in [3.05, 3.63) is 70.9 Å². The topological polar surface area (TPSA) is 26.3 Å². The maximum atomic E-state index is 10.5. The van der Waals surface area contributed by atoms with Crippen molar-refractivity contribution in [3.63, 3.8) is 0 Å². The van der Waals surface area contributed by atoms with Crippen LogP contribution in [0.2, 0.25) is 0 Å². The number of fused-ring (bicyclic) bond motifs is 1. The lowest BCUT2D eigenvalue weighted by molar-refractivity contribution is -0.104. The second kappa shape index (κ2) is 8.84. The molecule has 1 fully saturated rings. The fourth-order valence-corrected chi connectivity index (χ4v) is 4.02. The molecule has 2 atom stereocenters. The Labute approximate surface area is 165 Å². The SMILES string of the molecule is C\C(C=O)=C/C=C/C=C(C)/C=C/C=C(\C)[C@@H]1C=C2C(C)(C)CCC[C@@]2(C)O1. The summed E-state index contributed by atoms with van der Waals surface area (Å²) in [6.07, 6.45) is 20.8. The van der Waals surface area contributed by atoms with E-state index in [1.165, 1.54) is 24.0 Å². The highest BCUT2D eigenvalue weighted by Crippen LogP contribution is 2.51. The van der Waals surface area contributed by atoms with Gasteiger partial charge in [-0.05, 0) is 75.2 Å². The summed E-state index contributed by atoms with van der Waals surface area (Å²) in [7, 11) is 0. The van der Waals surface area contributed by atoms with Gasteiger partial charge in [-0.15, -0.1) is 0 Å². The zero-order valence-corrected chi connectivity index (χ0v) is 17.7. The number of ether oxygens (including phenoxy) is 1. The van der Waals surface area contributed by atoms with E-state index in [-0.39, 0.29) is 17.1 Å². The van der Waals surface area contributed by atoms with E-state index in [9.17, 15) is 4.79 Å². The predicted octanol–water partition coefficient (Wildman–Crippen LogP) is 6.43. The number of carbonyl (C=O) groups is 1. The lowest BCUT2D eigenvalue weighted by Crippen LogP contribution is -2.39. The molecule has 27 heavy (non-hydrogen) atoms.